The van der Waals surface area contributed by atoms with Gasteiger partial charge < -0.3 is 14.2 Å². The molecule has 0 N–H and O–H groups in total. The SMILES string of the molecule is COC(=O)C(C)Oc1ccc2c(c1C)O/C(=C\c1cccc(Br)c1)C2=O. The molecule has 134 valence electrons. The maximum absolute atomic E-state index is 12.6. The molecule has 1 unspecified atom stereocenters. The minimum atomic E-state index is -0.759. The van der Waals surface area contributed by atoms with E-state index in [2.05, 4.69) is 20.7 Å². The molecular formula is C20H17BrO5. The van der Waals surface area contributed by atoms with E-state index in [0.717, 1.165) is 10.0 Å². The predicted octanol–water partition coefficient (Wildman–Crippen LogP) is 4.31. The number of halogens is 1. The number of esters is 1. The Balaban J connectivity index is 1.90. The van der Waals surface area contributed by atoms with Gasteiger partial charge in [-0.25, -0.2) is 4.79 Å². The summed E-state index contributed by atoms with van der Waals surface area (Å²) in [5.74, 6) is 0.510. The second-order valence-corrected chi connectivity index (χ2v) is 6.76. The fourth-order valence-corrected chi connectivity index (χ4v) is 3.06. The molecule has 0 amide bonds. The number of carbonyl (C=O) groups excluding carboxylic acids is 2. The molecule has 5 nitrogen and oxygen atoms in total. The average Bonchev–Trinajstić information content (AvgIpc) is 2.93. The normalized spacial score (nSPS) is 15.4. The Labute approximate surface area is 159 Å². The molecule has 0 spiro atoms. The first-order chi connectivity index (χ1) is 12.4. The highest BCUT2D eigenvalue weighted by Crippen LogP contribution is 2.39. The van der Waals surface area contributed by atoms with Crippen molar-refractivity contribution in [1.82, 2.24) is 0 Å². The van der Waals surface area contributed by atoms with Crippen molar-refractivity contribution in [2.24, 2.45) is 0 Å². The predicted molar refractivity (Wildman–Crippen MR) is 100 cm³/mol. The summed E-state index contributed by atoms with van der Waals surface area (Å²) in [6.45, 7) is 3.39. The first-order valence-electron chi connectivity index (χ1n) is 7.98. The lowest BCUT2D eigenvalue weighted by atomic mass is 10.1. The average molecular weight is 417 g/mol. The Morgan fingerprint density at radius 3 is 2.73 bits per heavy atom. The fraction of sp³-hybridized carbons (Fsp3) is 0.200. The summed E-state index contributed by atoms with van der Waals surface area (Å²) in [6, 6.07) is 10.9. The fourth-order valence-electron chi connectivity index (χ4n) is 2.65. The van der Waals surface area contributed by atoms with E-state index in [9.17, 15) is 9.59 Å². The summed E-state index contributed by atoms with van der Waals surface area (Å²) in [7, 11) is 1.30. The molecule has 1 aliphatic rings. The van der Waals surface area contributed by atoms with Crippen LogP contribution in [-0.2, 0) is 9.53 Å². The Morgan fingerprint density at radius 1 is 1.27 bits per heavy atom. The molecule has 2 aromatic rings. The number of ether oxygens (including phenoxy) is 3. The van der Waals surface area contributed by atoms with E-state index in [4.69, 9.17) is 9.47 Å². The van der Waals surface area contributed by atoms with Crippen LogP contribution in [0.1, 0.15) is 28.4 Å². The summed E-state index contributed by atoms with van der Waals surface area (Å²) < 4.78 is 17.0. The van der Waals surface area contributed by atoms with Gasteiger partial charge in [-0.1, -0.05) is 28.1 Å². The van der Waals surface area contributed by atoms with Gasteiger partial charge in [-0.3, -0.25) is 4.79 Å². The summed E-state index contributed by atoms with van der Waals surface area (Å²) in [6.07, 6.45) is 0.940. The number of hydrogen-bond donors (Lipinski definition) is 0. The van der Waals surface area contributed by atoms with Crippen LogP contribution in [0.15, 0.2) is 46.6 Å². The minimum absolute atomic E-state index is 0.185. The van der Waals surface area contributed by atoms with Crippen LogP contribution >= 0.6 is 15.9 Å². The molecule has 0 aliphatic carbocycles. The molecule has 1 atom stereocenters. The van der Waals surface area contributed by atoms with Crippen LogP contribution < -0.4 is 9.47 Å². The van der Waals surface area contributed by atoms with Gasteiger partial charge in [0, 0.05) is 10.0 Å². The highest BCUT2D eigenvalue weighted by Gasteiger charge is 2.30. The zero-order valence-electron chi connectivity index (χ0n) is 14.5. The smallest absolute Gasteiger partial charge is 0.346 e. The zero-order valence-corrected chi connectivity index (χ0v) is 16.1. The quantitative estimate of drug-likeness (QED) is 0.548. The Bertz CT molecular complexity index is 916. The second-order valence-electron chi connectivity index (χ2n) is 5.84. The van der Waals surface area contributed by atoms with Gasteiger partial charge in [-0.05, 0) is 49.8 Å². The number of ketones is 1. The number of allylic oxidation sites excluding steroid dienone is 1. The summed E-state index contributed by atoms with van der Waals surface area (Å²) in [5, 5.41) is 0. The molecule has 0 bridgehead atoms. The van der Waals surface area contributed by atoms with E-state index in [-0.39, 0.29) is 11.5 Å². The molecule has 1 aliphatic heterocycles. The Kier molecular flexibility index (Phi) is 5.13. The van der Waals surface area contributed by atoms with Crippen LogP contribution in [0.25, 0.3) is 6.08 Å². The molecule has 0 fully saturated rings. The molecular weight excluding hydrogens is 400 g/mol. The number of hydrogen-bond acceptors (Lipinski definition) is 5. The largest absolute Gasteiger partial charge is 0.479 e. The van der Waals surface area contributed by atoms with E-state index >= 15 is 0 Å². The third-order valence-corrected chi connectivity index (χ3v) is 4.51. The molecule has 6 heteroatoms. The summed E-state index contributed by atoms with van der Waals surface area (Å²) >= 11 is 3.41. The van der Waals surface area contributed by atoms with E-state index in [1.54, 1.807) is 32.1 Å². The number of Topliss-reactive ketones (excluding diaryl/α,β-unsaturated/α-hetero) is 1. The number of benzene rings is 2. The van der Waals surface area contributed by atoms with Gasteiger partial charge in [0.2, 0.25) is 5.78 Å². The van der Waals surface area contributed by atoms with Crippen LogP contribution in [0.5, 0.6) is 11.5 Å². The van der Waals surface area contributed by atoms with E-state index < -0.39 is 12.1 Å². The van der Waals surface area contributed by atoms with Gasteiger partial charge in [0.1, 0.15) is 11.5 Å². The van der Waals surface area contributed by atoms with Gasteiger partial charge >= 0.3 is 5.97 Å². The molecule has 2 aromatic carbocycles. The highest BCUT2D eigenvalue weighted by atomic mass is 79.9. The van der Waals surface area contributed by atoms with Crippen LogP contribution in [0.2, 0.25) is 0 Å². The van der Waals surface area contributed by atoms with Gasteiger partial charge in [0.15, 0.2) is 11.9 Å². The maximum Gasteiger partial charge on any atom is 0.346 e. The van der Waals surface area contributed by atoms with Crippen LogP contribution in [0.4, 0.5) is 0 Å². The summed E-state index contributed by atoms with van der Waals surface area (Å²) in [4.78, 5) is 24.2. The summed E-state index contributed by atoms with van der Waals surface area (Å²) in [5.41, 5.74) is 1.98. The standard InChI is InChI=1S/C20H17BrO5/c1-11-16(25-12(2)20(23)24-3)8-7-15-18(22)17(26-19(11)15)10-13-5-4-6-14(21)9-13/h4-10,12H,1-3H3/b17-10-. The molecule has 0 aromatic heterocycles. The van der Waals surface area contributed by atoms with Crippen molar-refractivity contribution in [2.75, 3.05) is 7.11 Å². The first kappa shape index (κ1) is 18.2. The lowest BCUT2D eigenvalue weighted by molar-refractivity contribution is -0.147. The molecule has 26 heavy (non-hydrogen) atoms. The Hall–Kier alpha value is -2.60. The van der Waals surface area contributed by atoms with Crippen LogP contribution in [-0.4, -0.2) is 25.0 Å². The van der Waals surface area contributed by atoms with Gasteiger partial charge in [0.05, 0.1) is 12.7 Å². The third-order valence-electron chi connectivity index (χ3n) is 4.02. The third kappa shape index (κ3) is 3.51. The minimum Gasteiger partial charge on any atom is -0.479 e. The zero-order chi connectivity index (χ0) is 18.8. The molecule has 0 radical (unpaired) electrons. The van der Waals surface area contributed by atoms with Crippen molar-refractivity contribution >= 4 is 33.8 Å². The topological polar surface area (TPSA) is 61.8 Å². The van der Waals surface area contributed by atoms with E-state index in [1.807, 2.05) is 24.3 Å². The van der Waals surface area contributed by atoms with Crippen LogP contribution in [0, 0.1) is 6.92 Å². The molecule has 0 saturated heterocycles. The monoisotopic (exact) mass is 416 g/mol. The van der Waals surface area contributed by atoms with Gasteiger partial charge in [-0.15, -0.1) is 0 Å². The number of carbonyl (C=O) groups is 2. The van der Waals surface area contributed by atoms with Crippen LogP contribution in [0.3, 0.4) is 0 Å². The lowest BCUT2D eigenvalue weighted by Crippen LogP contribution is -2.25. The van der Waals surface area contributed by atoms with Crippen molar-refractivity contribution in [3.05, 3.63) is 63.3 Å². The van der Waals surface area contributed by atoms with Crippen molar-refractivity contribution in [3.63, 3.8) is 0 Å². The Morgan fingerprint density at radius 2 is 2.04 bits per heavy atom. The number of rotatable bonds is 4. The highest BCUT2D eigenvalue weighted by molar-refractivity contribution is 9.10. The number of fused-ring (bicyclic) bond motifs is 1. The van der Waals surface area contributed by atoms with E-state index in [0.29, 0.717) is 22.6 Å². The van der Waals surface area contributed by atoms with Crippen molar-refractivity contribution < 1.29 is 23.8 Å². The van der Waals surface area contributed by atoms with Gasteiger partial charge in [0.25, 0.3) is 0 Å². The molecule has 0 saturated carbocycles. The van der Waals surface area contributed by atoms with Crippen molar-refractivity contribution in [2.45, 2.75) is 20.0 Å². The molecule has 1 heterocycles. The first-order valence-corrected chi connectivity index (χ1v) is 8.78. The van der Waals surface area contributed by atoms with Crippen molar-refractivity contribution in [3.8, 4) is 11.5 Å². The molecule has 3 rings (SSSR count). The number of methoxy groups -OCH3 is 1. The maximum atomic E-state index is 12.6. The van der Waals surface area contributed by atoms with Gasteiger partial charge in [-0.2, -0.15) is 0 Å². The second kappa shape index (κ2) is 7.33. The van der Waals surface area contributed by atoms with E-state index in [1.165, 1.54) is 7.11 Å². The van der Waals surface area contributed by atoms with Crippen molar-refractivity contribution in [1.29, 1.82) is 0 Å². The lowest BCUT2D eigenvalue weighted by Gasteiger charge is -2.15.